The van der Waals surface area contributed by atoms with Gasteiger partial charge in [-0.25, -0.2) is 0 Å². The summed E-state index contributed by atoms with van der Waals surface area (Å²) in [5.74, 6) is 0. The average molecular weight is 345 g/mol. The van der Waals surface area contributed by atoms with Gasteiger partial charge < -0.3 is 5.32 Å². The van der Waals surface area contributed by atoms with Crippen LogP contribution in [0, 0.1) is 6.92 Å². The lowest BCUT2D eigenvalue weighted by Gasteiger charge is -2.07. The Kier molecular flexibility index (Phi) is 5.54. The van der Waals surface area contributed by atoms with Crippen LogP contribution in [0.3, 0.4) is 0 Å². The number of hydrogen-bond acceptors (Lipinski definition) is 2. The second-order valence-electron chi connectivity index (χ2n) is 5.68. The highest BCUT2D eigenvalue weighted by Crippen LogP contribution is 2.18. The van der Waals surface area contributed by atoms with Crippen LogP contribution >= 0.6 is 12.2 Å². The van der Waals surface area contributed by atoms with Crippen molar-refractivity contribution in [2.75, 3.05) is 5.32 Å². The van der Waals surface area contributed by atoms with Crippen LogP contribution in [0.1, 0.15) is 11.1 Å². The van der Waals surface area contributed by atoms with Crippen molar-refractivity contribution < 1.29 is 0 Å². The number of rotatable bonds is 4. The summed E-state index contributed by atoms with van der Waals surface area (Å²) >= 11 is 5.23. The van der Waals surface area contributed by atoms with Gasteiger partial charge in [0.15, 0.2) is 5.11 Å². The maximum atomic E-state index is 5.23. The third-order valence-corrected chi connectivity index (χ3v) is 3.90. The Labute approximate surface area is 153 Å². The number of aryl methyl sites for hydroxylation is 1. The van der Waals surface area contributed by atoms with Gasteiger partial charge in [-0.05, 0) is 48.0 Å². The molecule has 0 radical (unpaired) electrons. The first kappa shape index (κ1) is 16.9. The average Bonchev–Trinajstić information content (AvgIpc) is 2.65. The van der Waals surface area contributed by atoms with Gasteiger partial charge in [-0.1, -0.05) is 72.3 Å². The SMILES string of the molecule is Cc1ccc(NC(=S)N/N=C/c2ccc(-c3ccccc3)cc2)cc1. The molecule has 3 nitrogen and oxygen atoms in total. The molecule has 0 saturated carbocycles. The van der Waals surface area contributed by atoms with Crippen LogP contribution in [0.5, 0.6) is 0 Å². The zero-order valence-electron chi connectivity index (χ0n) is 13.9. The van der Waals surface area contributed by atoms with Crippen LogP contribution in [0.2, 0.25) is 0 Å². The third kappa shape index (κ3) is 4.99. The first-order valence-corrected chi connectivity index (χ1v) is 8.44. The quantitative estimate of drug-likeness (QED) is 0.398. The molecule has 0 bridgehead atoms. The Morgan fingerprint density at radius 2 is 1.48 bits per heavy atom. The van der Waals surface area contributed by atoms with Crippen LogP contribution in [0.25, 0.3) is 11.1 Å². The first-order valence-electron chi connectivity index (χ1n) is 8.03. The van der Waals surface area contributed by atoms with Gasteiger partial charge in [-0.2, -0.15) is 5.10 Å². The molecule has 0 aliphatic rings. The summed E-state index contributed by atoms with van der Waals surface area (Å²) in [6.07, 6.45) is 1.75. The lowest BCUT2D eigenvalue weighted by molar-refractivity contribution is 1.05. The second kappa shape index (κ2) is 8.22. The summed E-state index contributed by atoms with van der Waals surface area (Å²) in [7, 11) is 0. The standard InChI is InChI=1S/C21H19N3S/c1-16-7-13-20(14-8-16)23-21(25)24-22-15-17-9-11-19(12-10-17)18-5-3-2-4-6-18/h2-15H,1H3,(H2,23,24,25)/b22-15+. The van der Waals surface area contributed by atoms with E-state index < -0.39 is 0 Å². The number of hydrazone groups is 1. The summed E-state index contributed by atoms with van der Waals surface area (Å²) in [4.78, 5) is 0. The molecule has 0 aromatic heterocycles. The van der Waals surface area contributed by atoms with E-state index >= 15 is 0 Å². The predicted octanol–water partition coefficient (Wildman–Crippen LogP) is 4.98. The minimum Gasteiger partial charge on any atom is -0.331 e. The van der Waals surface area contributed by atoms with E-state index in [-0.39, 0.29) is 0 Å². The molecular formula is C21H19N3S. The van der Waals surface area contributed by atoms with E-state index in [1.54, 1.807) is 6.21 Å². The third-order valence-electron chi connectivity index (χ3n) is 3.71. The maximum absolute atomic E-state index is 5.23. The largest absolute Gasteiger partial charge is 0.331 e. The van der Waals surface area contributed by atoms with Gasteiger partial charge in [0.2, 0.25) is 0 Å². The van der Waals surface area contributed by atoms with Gasteiger partial charge in [-0.15, -0.1) is 0 Å². The van der Waals surface area contributed by atoms with Crippen molar-refractivity contribution in [2.24, 2.45) is 5.10 Å². The van der Waals surface area contributed by atoms with Crippen molar-refractivity contribution in [3.05, 3.63) is 90.0 Å². The molecule has 3 rings (SSSR count). The van der Waals surface area contributed by atoms with Crippen LogP contribution in [0.15, 0.2) is 84.0 Å². The number of benzene rings is 3. The van der Waals surface area contributed by atoms with Crippen molar-refractivity contribution >= 4 is 29.2 Å². The molecule has 0 unspecified atom stereocenters. The van der Waals surface area contributed by atoms with E-state index in [1.165, 1.54) is 16.7 Å². The highest BCUT2D eigenvalue weighted by Gasteiger charge is 1.97. The van der Waals surface area contributed by atoms with Gasteiger partial charge in [0, 0.05) is 5.69 Å². The number of hydrogen-bond donors (Lipinski definition) is 2. The molecule has 0 aliphatic heterocycles. The van der Waals surface area contributed by atoms with Crippen LogP contribution in [-0.2, 0) is 0 Å². The Balaban J connectivity index is 1.55. The van der Waals surface area contributed by atoms with E-state index in [0.29, 0.717) is 5.11 Å². The van der Waals surface area contributed by atoms with Gasteiger partial charge in [0.05, 0.1) is 6.21 Å². The van der Waals surface area contributed by atoms with Crippen molar-refractivity contribution in [1.82, 2.24) is 5.43 Å². The molecule has 0 heterocycles. The number of nitrogens with one attached hydrogen (secondary N) is 2. The molecule has 3 aromatic rings. The molecule has 124 valence electrons. The van der Waals surface area contributed by atoms with Crippen LogP contribution in [0.4, 0.5) is 5.69 Å². The fraction of sp³-hybridized carbons (Fsp3) is 0.0476. The molecule has 2 N–H and O–H groups in total. The highest BCUT2D eigenvalue weighted by atomic mass is 32.1. The van der Waals surface area contributed by atoms with Crippen LogP contribution < -0.4 is 10.7 Å². The van der Waals surface area contributed by atoms with Crippen molar-refractivity contribution in [1.29, 1.82) is 0 Å². The second-order valence-corrected chi connectivity index (χ2v) is 6.09. The molecule has 0 amide bonds. The zero-order chi connectivity index (χ0) is 17.5. The summed E-state index contributed by atoms with van der Waals surface area (Å²) in [5.41, 5.74) is 8.36. The van der Waals surface area contributed by atoms with Crippen LogP contribution in [-0.4, -0.2) is 11.3 Å². The molecule has 0 fully saturated rings. The van der Waals surface area contributed by atoms with Gasteiger partial charge in [-0.3, -0.25) is 5.43 Å². The van der Waals surface area contributed by atoms with Crippen molar-refractivity contribution in [2.45, 2.75) is 6.92 Å². The van der Waals surface area contributed by atoms with E-state index in [9.17, 15) is 0 Å². The van der Waals surface area contributed by atoms with E-state index in [0.717, 1.165) is 11.3 Å². The van der Waals surface area contributed by atoms with Gasteiger partial charge in [0.25, 0.3) is 0 Å². The molecular weight excluding hydrogens is 326 g/mol. The fourth-order valence-electron chi connectivity index (χ4n) is 2.35. The molecule has 0 saturated heterocycles. The normalized spacial score (nSPS) is 10.6. The molecule has 0 spiro atoms. The number of anilines is 1. The minimum atomic E-state index is 0.459. The van der Waals surface area contributed by atoms with Gasteiger partial charge in [0.1, 0.15) is 0 Å². The molecule has 3 aromatic carbocycles. The minimum absolute atomic E-state index is 0.459. The van der Waals surface area contributed by atoms with Crippen molar-refractivity contribution in [3.8, 4) is 11.1 Å². The Morgan fingerprint density at radius 1 is 0.840 bits per heavy atom. The summed E-state index contributed by atoms with van der Waals surface area (Å²) < 4.78 is 0. The summed E-state index contributed by atoms with van der Waals surface area (Å²) in [6, 6.07) is 26.5. The van der Waals surface area contributed by atoms with E-state index in [1.807, 2.05) is 61.5 Å². The first-order chi connectivity index (χ1) is 12.2. The highest BCUT2D eigenvalue weighted by molar-refractivity contribution is 7.80. The van der Waals surface area contributed by atoms with E-state index in [4.69, 9.17) is 12.2 Å². The molecule has 25 heavy (non-hydrogen) atoms. The smallest absolute Gasteiger partial charge is 0.191 e. The summed E-state index contributed by atoms with van der Waals surface area (Å²) in [6.45, 7) is 2.05. The molecule has 4 heteroatoms. The topological polar surface area (TPSA) is 36.4 Å². The van der Waals surface area contributed by atoms with Crippen molar-refractivity contribution in [3.63, 3.8) is 0 Å². The zero-order valence-corrected chi connectivity index (χ0v) is 14.8. The monoisotopic (exact) mass is 345 g/mol. The van der Waals surface area contributed by atoms with E-state index in [2.05, 4.69) is 40.1 Å². The fourth-order valence-corrected chi connectivity index (χ4v) is 2.52. The number of nitrogens with zero attached hydrogens (tertiary/aromatic N) is 1. The lowest BCUT2D eigenvalue weighted by atomic mass is 10.0. The predicted molar refractivity (Wildman–Crippen MR) is 110 cm³/mol. The lowest BCUT2D eigenvalue weighted by Crippen LogP contribution is -2.23. The Bertz CT molecular complexity index is 854. The Hall–Kier alpha value is -2.98. The summed E-state index contributed by atoms with van der Waals surface area (Å²) in [5, 5.41) is 7.73. The Morgan fingerprint density at radius 3 is 2.16 bits per heavy atom. The van der Waals surface area contributed by atoms with Gasteiger partial charge >= 0.3 is 0 Å². The number of thiocarbonyl (C=S) groups is 1. The maximum Gasteiger partial charge on any atom is 0.191 e. The molecule has 0 atom stereocenters. The molecule has 0 aliphatic carbocycles.